The number of carbonyl (C=O) groups is 1. The lowest BCUT2D eigenvalue weighted by molar-refractivity contribution is -0.126. The summed E-state index contributed by atoms with van der Waals surface area (Å²) in [6, 6.07) is 4.79. The summed E-state index contributed by atoms with van der Waals surface area (Å²) in [7, 11) is 0. The predicted molar refractivity (Wildman–Crippen MR) is 114 cm³/mol. The van der Waals surface area contributed by atoms with Gasteiger partial charge in [0.25, 0.3) is 0 Å². The molecular formula is C22H31N3OS. The highest BCUT2D eigenvalue weighted by Crippen LogP contribution is 2.34. The predicted octanol–water partition coefficient (Wildman–Crippen LogP) is 4.82. The van der Waals surface area contributed by atoms with Gasteiger partial charge < -0.3 is 10.2 Å². The number of aryl methyl sites for hydroxylation is 2. The summed E-state index contributed by atoms with van der Waals surface area (Å²) in [5.41, 5.74) is 3.64. The molecule has 4 nitrogen and oxygen atoms in total. The topological polar surface area (TPSA) is 45.2 Å². The van der Waals surface area contributed by atoms with Gasteiger partial charge in [-0.2, -0.15) is 0 Å². The quantitative estimate of drug-likeness (QED) is 0.823. The number of hydrogen-bond acceptors (Lipinski definition) is 4. The van der Waals surface area contributed by atoms with Crippen LogP contribution in [0, 0.1) is 25.7 Å². The third kappa shape index (κ3) is 3.98. The molecule has 0 bridgehead atoms. The normalized spacial score (nSPS) is 26.3. The Morgan fingerprint density at radius 3 is 2.81 bits per heavy atom. The molecule has 1 N–H and O–H groups in total. The summed E-state index contributed by atoms with van der Waals surface area (Å²) in [5, 5.41) is 4.44. The maximum atomic E-state index is 12.9. The maximum Gasteiger partial charge on any atom is 0.225 e. The number of anilines is 1. The molecule has 146 valence electrons. The molecule has 1 aromatic heterocycles. The maximum absolute atomic E-state index is 12.9. The second-order valence-corrected chi connectivity index (χ2v) is 9.60. The number of hydrogen-bond donors (Lipinski definition) is 1. The van der Waals surface area contributed by atoms with Crippen LogP contribution >= 0.6 is 11.3 Å². The average molecular weight is 386 g/mol. The molecule has 1 saturated heterocycles. The Morgan fingerprint density at radius 2 is 2.00 bits per heavy atom. The lowest BCUT2D eigenvalue weighted by Crippen LogP contribution is -2.48. The number of nitrogens with one attached hydrogen (secondary N) is 1. The van der Waals surface area contributed by atoms with Gasteiger partial charge in [-0.25, -0.2) is 4.98 Å². The number of aromatic nitrogens is 1. The fourth-order valence-electron chi connectivity index (χ4n) is 4.69. The van der Waals surface area contributed by atoms with E-state index < -0.39 is 0 Å². The van der Waals surface area contributed by atoms with E-state index in [9.17, 15) is 4.79 Å². The Morgan fingerprint density at radius 1 is 1.19 bits per heavy atom. The second kappa shape index (κ2) is 7.78. The first-order valence-electron chi connectivity index (χ1n) is 10.4. The van der Waals surface area contributed by atoms with Crippen molar-refractivity contribution in [3.05, 3.63) is 23.3 Å². The Labute approximate surface area is 166 Å². The molecule has 0 unspecified atom stereocenters. The van der Waals surface area contributed by atoms with Gasteiger partial charge in [0.05, 0.1) is 16.1 Å². The van der Waals surface area contributed by atoms with E-state index in [1.807, 2.05) is 0 Å². The minimum atomic E-state index is 0.0859. The van der Waals surface area contributed by atoms with Crippen LogP contribution in [0.15, 0.2) is 12.1 Å². The molecule has 1 amide bonds. The number of amides is 1. The molecule has 0 radical (unpaired) electrons. The van der Waals surface area contributed by atoms with Crippen molar-refractivity contribution in [1.82, 2.24) is 10.3 Å². The zero-order valence-corrected chi connectivity index (χ0v) is 17.6. The van der Waals surface area contributed by atoms with Crippen LogP contribution < -0.4 is 10.2 Å². The first-order valence-corrected chi connectivity index (χ1v) is 11.3. The standard InChI is InChI=1S/C22H31N3OS/c1-14-11-16(3)20-19(12-14)27-22(24-20)25-10-6-8-17(13-25)21(26)23-18-9-5-4-7-15(18)2/h11-12,15,17-18H,4-10,13H2,1-3H3,(H,23,26)/t15-,17-,18-/m0/s1. The fraction of sp³-hybridized carbons (Fsp3) is 0.636. The van der Waals surface area contributed by atoms with Gasteiger partial charge in [0.15, 0.2) is 5.13 Å². The van der Waals surface area contributed by atoms with E-state index in [1.165, 1.54) is 35.1 Å². The molecule has 27 heavy (non-hydrogen) atoms. The van der Waals surface area contributed by atoms with Crippen molar-refractivity contribution in [2.24, 2.45) is 11.8 Å². The minimum absolute atomic E-state index is 0.0859. The number of benzene rings is 1. The van der Waals surface area contributed by atoms with Crippen LogP contribution in [-0.4, -0.2) is 30.0 Å². The highest BCUT2D eigenvalue weighted by atomic mass is 32.1. The molecular weight excluding hydrogens is 354 g/mol. The summed E-state index contributed by atoms with van der Waals surface area (Å²) in [6.07, 6.45) is 6.99. The van der Waals surface area contributed by atoms with Crippen LogP contribution in [0.3, 0.4) is 0 Å². The lowest BCUT2D eigenvalue weighted by Gasteiger charge is -2.35. The van der Waals surface area contributed by atoms with E-state index in [2.05, 4.69) is 43.1 Å². The van der Waals surface area contributed by atoms with E-state index in [0.717, 1.165) is 43.0 Å². The summed E-state index contributed by atoms with van der Waals surface area (Å²) in [6.45, 7) is 8.35. The molecule has 1 saturated carbocycles. The summed E-state index contributed by atoms with van der Waals surface area (Å²) in [4.78, 5) is 20.1. The van der Waals surface area contributed by atoms with Crippen LogP contribution in [0.4, 0.5) is 5.13 Å². The SMILES string of the molecule is Cc1cc(C)c2nc(N3CCC[C@H](C(=O)N[C@H]4CCCC[C@@H]4C)C3)sc2c1. The van der Waals surface area contributed by atoms with E-state index in [4.69, 9.17) is 4.98 Å². The molecule has 0 spiro atoms. The zero-order chi connectivity index (χ0) is 19.0. The average Bonchev–Trinajstić information content (AvgIpc) is 3.08. The van der Waals surface area contributed by atoms with Gasteiger partial charge in [0.2, 0.25) is 5.91 Å². The zero-order valence-electron chi connectivity index (χ0n) is 16.8. The van der Waals surface area contributed by atoms with Crippen molar-refractivity contribution in [3.8, 4) is 0 Å². The van der Waals surface area contributed by atoms with Gasteiger partial charge in [0, 0.05) is 19.1 Å². The van der Waals surface area contributed by atoms with Crippen LogP contribution in [0.25, 0.3) is 10.2 Å². The van der Waals surface area contributed by atoms with E-state index in [1.54, 1.807) is 11.3 Å². The Kier molecular flexibility index (Phi) is 5.40. The molecule has 2 fully saturated rings. The van der Waals surface area contributed by atoms with Crippen LogP contribution in [0.1, 0.15) is 56.6 Å². The van der Waals surface area contributed by atoms with Gasteiger partial charge in [-0.05, 0) is 62.6 Å². The molecule has 3 atom stereocenters. The van der Waals surface area contributed by atoms with Crippen molar-refractivity contribution in [2.45, 2.75) is 65.3 Å². The van der Waals surface area contributed by atoms with Gasteiger partial charge in [-0.15, -0.1) is 0 Å². The largest absolute Gasteiger partial charge is 0.353 e. The molecule has 1 aliphatic carbocycles. The number of rotatable bonds is 3. The van der Waals surface area contributed by atoms with Gasteiger partial charge in [0.1, 0.15) is 0 Å². The number of thiazole rings is 1. The molecule has 5 heteroatoms. The number of carbonyl (C=O) groups excluding carboxylic acids is 1. The molecule has 4 rings (SSSR count). The second-order valence-electron chi connectivity index (χ2n) is 8.59. The van der Waals surface area contributed by atoms with E-state index in [-0.39, 0.29) is 11.8 Å². The Balaban J connectivity index is 1.46. The molecule has 2 heterocycles. The van der Waals surface area contributed by atoms with Crippen molar-refractivity contribution in [3.63, 3.8) is 0 Å². The first-order chi connectivity index (χ1) is 13.0. The smallest absolute Gasteiger partial charge is 0.225 e. The van der Waals surface area contributed by atoms with Crippen LogP contribution in [-0.2, 0) is 4.79 Å². The van der Waals surface area contributed by atoms with Gasteiger partial charge in [-0.3, -0.25) is 4.79 Å². The van der Waals surface area contributed by atoms with Crippen molar-refractivity contribution in [1.29, 1.82) is 0 Å². The van der Waals surface area contributed by atoms with Crippen molar-refractivity contribution >= 4 is 32.6 Å². The lowest BCUT2D eigenvalue weighted by atomic mass is 9.85. The highest BCUT2D eigenvalue weighted by Gasteiger charge is 2.30. The summed E-state index contributed by atoms with van der Waals surface area (Å²) in [5.74, 6) is 0.951. The van der Waals surface area contributed by atoms with Gasteiger partial charge >= 0.3 is 0 Å². The summed E-state index contributed by atoms with van der Waals surface area (Å²) >= 11 is 1.77. The Bertz CT molecular complexity index is 830. The number of nitrogens with zero attached hydrogens (tertiary/aromatic N) is 2. The minimum Gasteiger partial charge on any atom is -0.353 e. The third-order valence-electron chi connectivity index (χ3n) is 6.32. The monoisotopic (exact) mass is 385 g/mol. The van der Waals surface area contributed by atoms with Gasteiger partial charge in [-0.1, -0.05) is 37.2 Å². The first kappa shape index (κ1) is 18.7. The van der Waals surface area contributed by atoms with Crippen molar-refractivity contribution < 1.29 is 4.79 Å². The molecule has 1 aromatic carbocycles. The van der Waals surface area contributed by atoms with E-state index in [0.29, 0.717) is 12.0 Å². The third-order valence-corrected chi connectivity index (χ3v) is 7.38. The number of fused-ring (bicyclic) bond motifs is 1. The number of piperidine rings is 1. The van der Waals surface area contributed by atoms with Crippen molar-refractivity contribution in [2.75, 3.05) is 18.0 Å². The molecule has 1 aliphatic heterocycles. The van der Waals surface area contributed by atoms with E-state index >= 15 is 0 Å². The van der Waals surface area contributed by atoms with Crippen LogP contribution in [0.5, 0.6) is 0 Å². The molecule has 2 aromatic rings. The fourth-order valence-corrected chi connectivity index (χ4v) is 5.87. The summed E-state index contributed by atoms with van der Waals surface area (Å²) < 4.78 is 1.25. The highest BCUT2D eigenvalue weighted by molar-refractivity contribution is 7.22. The van der Waals surface area contributed by atoms with Crippen LogP contribution in [0.2, 0.25) is 0 Å². The Hall–Kier alpha value is -1.62. The molecule has 2 aliphatic rings.